The molecule has 2 heteroatoms. The number of nitrogens with zero attached hydrogens (tertiary/aromatic N) is 1. The highest BCUT2D eigenvalue weighted by atomic mass is 16.1. The van der Waals surface area contributed by atoms with E-state index in [0.717, 1.165) is 5.56 Å². The molecule has 0 N–H and O–H groups in total. The quantitative estimate of drug-likeness (QED) is 0.558. The summed E-state index contributed by atoms with van der Waals surface area (Å²) in [6.07, 6.45) is 0. The Bertz CT molecular complexity index is 594. The van der Waals surface area contributed by atoms with Crippen molar-refractivity contribution in [2.24, 2.45) is 0 Å². The predicted octanol–water partition coefficient (Wildman–Crippen LogP) is 3.78. The second-order valence-electron chi connectivity index (χ2n) is 3.83. The van der Waals surface area contributed by atoms with E-state index in [-0.39, 0.29) is 5.78 Å². The first-order chi connectivity index (χ1) is 8.22. The van der Waals surface area contributed by atoms with Gasteiger partial charge >= 0.3 is 0 Å². The molecular weight excluding hydrogens is 210 g/mol. The standard InChI is InChI=1S/C15H11NO/c1-11-8-9-14(16-2)13(10-11)15(17)12-6-4-3-5-7-12/h3-10H,1H3. The summed E-state index contributed by atoms with van der Waals surface area (Å²) in [5.74, 6) is -0.0969. The van der Waals surface area contributed by atoms with E-state index in [1.165, 1.54) is 0 Å². The van der Waals surface area contributed by atoms with Crippen LogP contribution in [0.2, 0.25) is 0 Å². The molecule has 2 rings (SSSR count). The van der Waals surface area contributed by atoms with Crippen LogP contribution in [0.25, 0.3) is 4.85 Å². The molecule has 0 bridgehead atoms. The Kier molecular flexibility index (Phi) is 3.02. The van der Waals surface area contributed by atoms with E-state index in [1.54, 1.807) is 24.3 Å². The molecule has 2 aromatic rings. The molecule has 17 heavy (non-hydrogen) atoms. The zero-order valence-electron chi connectivity index (χ0n) is 9.47. The van der Waals surface area contributed by atoms with E-state index in [2.05, 4.69) is 4.85 Å². The summed E-state index contributed by atoms with van der Waals surface area (Å²) >= 11 is 0. The maximum Gasteiger partial charge on any atom is 0.198 e. The largest absolute Gasteiger partial charge is 0.290 e. The third-order valence-electron chi connectivity index (χ3n) is 2.55. The molecule has 2 aromatic carbocycles. The Morgan fingerprint density at radius 2 is 1.82 bits per heavy atom. The van der Waals surface area contributed by atoms with Gasteiger partial charge in [0.25, 0.3) is 0 Å². The van der Waals surface area contributed by atoms with Gasteiger partial charge in [-0.1, -0.05) is 54.1 Å². The molecule has 0 heterocycles. The third-order valence-corrected chi connectivity index (χ3v) is 2.55. The Morgan fingerprint density at radius 3 is 2.47 bits per heavy atom. The van der Waals surface area contributed by atoms with Crippen LogP contribution < -0.4 is 0 Å². The second kappa shape index (κ2) is 4.63. The van der Waals surface area contributed by atoms with Gasteiger partial charge in [0.2, 0.25) is 0 Å². The van der Waals surface area contributed by atoms with Gasteiger partial charge in [-0.3, -0.25) is 4.79 Å². The molecule has 0 radical (unpaired) electrons. The van der Waals surface area contributed by atoms with Crippen LogP contribution in [0.5, 0.6) is 0 Å². The number of ketones is 1. The first-order valence-electron chi connectivity index (χ1n) is 5.30. The van der Waals surface area contributed by atoms with Gasteiger partial charge in [0.15, 0.2) is 11.5 Å². The summed E-state index contributed by atoms with van der Waals surface area (Å²) in [4.78, 5) is 15.6. The molecule has 0 aliphatic carbocycles. The maximum atomic E-state index is 12.2. The highest BCUT2D eigenvalue weighted by molar-refractivity contribution is 6.12. The lowest BCUT2D eigenvalue weighted by Crippen LogP contribution is -2.01. The predicted molar refractivity (Wildman–Crippen MR) is 67.3 cm³/mol. The van der Waals surface area contributed by atoms with Crippen molar-refractivity contribution in [2.45, 2.75) is 6.92 Å². The molecule has 0 aromatic heterocycles. The van der Waals surface area contributed by atoms with Gasteiger partial charge in [-0.15, -0.1) is 0 Å². The van der Waals surface area contributed by atoms with E-state index < -0.39 is 0 Å². The number of carbonyl (C=O) groups is 1. The van der Waals surface area contributed by atoms with Gasteiger partial charge in [-0.05, 0) is 6.92 Å². The lowest BCUT2D eigenvalue weighted by molar-refractivity contribution is 0.103. The zero-order chi connectivity index (χ0) is 12.3. The van der Waals surface area contributed by atoms with Crippen molar-refractivity contribution in [1.29, 1.82) is 0 Å². The Hall–Kier alpha value is -2.40. The van der Waals surface area contributed by atoms with E-state index in [4.69, 9.17) is 6.57 Å². The molecule has 0 amide bonds. The first-order valence-corrected chi connectivity index (χ1v) is 5.30. The fourth-order valence-electron chi connectivity index (χ4n) is 1.67. The van der Waals surface area contributed by atoms with Crippen molar-refractivity contribution in [3.05, 3.63) is 76.6 Å². The van der Waals surface area contributed by atoms with Gasteiger partial charge < -0.3 is 0 Å². The zero-order valence-corrected chi connectivity index (χ0v) is 9.47. The highest BCUT2D eigenvalue weighted by Gasteiger charge is 2.13. The summed E-state index contributed by atoms with van der Waals surface area (Å²) in [7, 11) is 0. The van der Waals surface area contributed by atoms with Gasteiger partial charge in [0.05, 0.1) is 6.57 Å². The van der Waals surface area contributed by atoms with Crippen molar-refractivity contribution in [2.75, 3.05) is 0 Å². The summed E-state index contributed by atoms with van der Waals surface area (Å²) in [5.41, 5.74) is 2.48. The summed E-state index contributed by atoms with van der Waals surface area (Å²) in [5, 5.41) is 0. The maximum absolute atomic E-state index is 12.2. The normalized spacial score (nSPS) is 9.65. The number of rotatable bonds is 2. The Balaban J connectivity index is 2.52. The fourth-order valence-corrected chi connectivity index (χ4v) is 1.67. The average molecular weight is 221 g/mol. The molecule has 0 aliphatic heterocycles. The van der Waals surface area contributed by atoms with E-state index in [9.17, 15) is 4.79 Å². The van der Waals surface area contributed by atoms with Crippen LogP contribution in [0.3, 0.4) is 0 Å². The summed E-state index contributed by atoms with van der Waals surface area (Å²) in [6.45, 7) is 9.00. The lowest BCUT2D eigenvalue weighted by Gasteiger charge is -2.04. The van der Waals surface area contributed by atoms with Crippen LogP contribution in [-0.4, -0.2) is 5.78 Å². The van der Waals surface area contributed by atoms with Gasteiger partial charge in [-0.2, -0.15) is 0 Å². The molecule has 0 atom stereocenters. The third kappa shape index (κ3) is 2.24. The molecule has 82 valence electrons. The van der Waals surface area contributed by atoms with Crippen LogP contribution >= 0.6 is 0 Å². The van der Waals surface area contributed by atoms with Crippen molar-refractivity contribution >= 4 is 11.5 Å². The number of aryl methyl sites for hydroxylation is 1. The van der Waals surface area contributed by atoms with Gasteiger partial charge in [0.1, 0.15) is 0 Å². The summed E-state index contributed by atoms with van der Waals surface area (Å²) in [6, 6.07) is 14.3. The molecule has 0 spiro atoms. The molecule has 0 aliphatic rings. The SMILES string of the molecule is [C-]#[N+]c1ccc(C)cc1C(=O)c1ccccc1. The molecular formula is C15H11NO. The van der Waals surface area contributed by atoms with Crippen LogP contribution in [-0.2, 0) is 0 Å². The number of hydrogen-bond donors (Lipinski definition) is 0. The second-order valence-corrected chi connectivity index (χ2v) is 3.83. The van der Waals surface area contributed by atoms with Gasteiger partial charge in [-0.25, -0.2) is 4.85 Å². The molecule has 0 unspecified atom stereocenters. The van der Waals surface area contributed by atoms with Crippen LogP contribution in [0.15, 0.2) is 48.5 Å². The molecule has 0 saturated carbocycles. The van der Waals surface area contributed by atoms with Crippen molar-refractivity contribution in [3.63, 3.8) is 0 Å². The lowest BCUT2D eigenvalue weighted by atomic mass is 10.00. The number of hydrogen-bond acceptors (Lipinski definition) is 1. The van der Waals surface area contributed by atoms with Gasteiger partial charge in [0, 0.05) is 11.1 Å². The monoisotopic (exact) mass is 221 g/mol. The minimum absolute atomic E-state index is 0.0969. The van der Waals surface area contributed by atoms with Crippen molar-refractivity contribution in [1.82, 2.24) is 0 Å². The Labute approximate surface area is 100 Å². The van der Waals surface area contributed by atoms with E-state index >= 15 is 0 Å². The molecule has 0 fully saturated rings. The number of carbonyl (C=O) groups excluding carboxylic acids is 1. The van der Waals surface area contributed by atoms with E-state index in [0.29, 0.717) is 16.8 Å². The van der Waals surface area contributed by atoms with Crippen LogP contribution in [0.4, 0.5) is 5.69 Å². The highest BCUT2D eigenvalue weighted by Crippen LogP contribution is 2.23. The van der Waals surface area contributed by atoms with Crippen molar-refractivity contribution < 1.29 is 4.79 Å². The van der Waals surface area contributed by atoms with Crippen LogP contribution in [0.1, 0.15) is 21.5 Å². The average Bonchev–Trinajstić information content (AvgIpc) is 2.39. The molecule has 2 nitrogen and oxygen atoms in total. The fraction of sp³-hybridized carbons (Fsp3) is 0.0667. The van der Waals surface area contributed by atoms with Crippen molar-refractivity contribution in [3.8, 4) is 0 Å². The molecule has 0 saturated heterocycles. The minimum atomic E-state index is -0.0969. The van der Waals surface area contributed by atoms with Crippen LogP contribution in [0, 0.1) is 13.5 Å². The minimum Gasteiger partial charge on any atom is -0.290 e. The summed E-state index contributed by atoms with van der Waals surface area (Å²) < 4.78 is 0. The first kappa shape index (κ1) is 11.1. The Morgan fingerprint density at radius 1 is 1.12 bits per heavy atom. The smallest absolute Gasteiger partial charge is 0.198 e. The number of benzene rings is 2. The topological polar surface area (TPSA) is 21.4 Å². The van der Waals surface area contributed by atoms with E-state index in [1.807, 2.05) is 31.2 Å².